The molecule has 84 valence electrons. The zero-order valence-electron chi connectivity index (χ0n) is 9.04. The molecular weight excluding hydrogens is 204 g/mol. The minimum Gasteiger partial charge on any atom is -0.508 e. The molecule has 0 amide bonds. The number of nitrogens with zero attached hydrogens (tertiary/aromatic N) is 2. The van der Waals surface area contributed by atoms with Crippen LogP contribution in [0.4, 0.5) is 0 Å². The summed E-state index contributed by atoms with van der Waals surface area (Å²) in [5.74, 6) is 0.214. The number of hydrogen-bond acceptors (Lipinski definition) is 3. The molecule has 0 radical (unpaired) electrons. The van der Waals surface area contributed by atoms with Gasteiger partial charge >= 0.3 is 0 Å². The third-order valence-electron chi connectivity index (χ3n) is 2.42. The standard InChI is InChI=1S/C12H14N2O2/c1-14-6-5-11(13-14)12(16)8-9-3-2-4-10(15)7-9/h2-7,12,15-16H,8H2,1H3. The van der Waals surface area contributed by atoms with Gasteiger partial charge in [0.1, 0.15) is 11.9 Å². The summed E-state index contributed by atoms with van der Waals surface area (Å²) >= 11 is 0. The summed E-state index contributed by atoms with van der Waals surface area (Å²) in [4.78, 5) is 0. The minimum absolute atomic E-state index is 0.214. The molecule has 0 aliphatic rings. The van der Waals surface area contributed by atoms with Gasteiger partial charge in [0.15, 0.2) is 0 Å². The van der Waals surface area contributed by atoms with E-state index in [2.05, 4.69) is 5.10 Å². The Kier molecular flexibility index (Phi) is 2.92. The van der Waals surface area contributed by atoms with Crippen molar-refractivity contribution >= 4 is 0 Å². The Morgan fingerprint density at radius 1 is 1.38 bits per heavy atom. The van der Waals surface area contributed by atoms with E-state index >= 15 is 0 Å². The highest BCUT2D eigenvalue weighted by Crippen LogP contribution is 2.19. The van der Waals surface area contributed by atoms with Crippen LogP contribution in [0.3, 0.4) is 0 Å². The number of aliphatic hydroxyl groups is 1. The van der Waals surface area contributed by atoms with E-state index in [0.29, 0.717) is 12.1 Å². The lowest BCUT2D eigenvalue weighted by molar-refractivity contribution is 0.172. The van der Waals surface area contributed by atoms with E-state index in [0.717, 1.165) is 5.56 Å². The molecule has 2 N–H and O–H groups in total. The first-order chi connectivity index (χ1) is 7.65. The van der Waals surface area contributed by atoms with Crippen LogP contribution in [0.15, 0.2) is 36.5 Å². The average Bonchev–Trinajstić information content (AvgIpc) is 2.65. The first-order valence-electron chi connectivity index (χ1n) is 5.10. The summed E-state index contributed by atoms with van der Waals surface area (Å²) in [6.07, 6.45) is 1.61. The number of rotatable bonds is 3. The summed E-state index contributed by atoms with van der Waals surface area (Å²) in [7, 11) is 1.81. The number of aryl methyl sites for hydroxylation is 1. The molecule has 1 heterocycles. The number of aromatic hydroxyl groups is 1. The number of aromatic nitrogens is 2. The quantitative estimate of drug-likeness (QED) is 0.818. The smallest absolute Gasteiger partial charge is 0.115 e. The number of benzene rings is 1. The van der Waals surface area contributed by atoms with Gasteiger partial charge in [-0.05, 0) is 23.8 Å². The molecule has 4 heteroatoms. The van der Waals surface area contributed by atoms with Crippen molar-refractivity contribution in [2.75, 3.05) is 0 Å². The Morgan fingerprint density at radius 2 is 2.19 bits per heavy atom. The summed E-state index contributed by atoms with van der Waals surface area (Å²) in [6, 6.07) is 8.66. The second-order valence-corrected chi connectivity index (χ2v) is 3.80. The molecule has 0 spiro atoms. The molecule has 1 aromatic carbocycles. The van der Waals surface area contributed by atoms with Gasteiger partial charge in [-0.3, -0.25) is 4.68 Å². The predicted molar refractivity (Wildman–Crippen MR) is 60.0 cm³/mol. The number of hydrogen-bond donors (Lipinski definition) is 2. The van der Waals surface area contributed by atoms with Crippen molar-refractivity contribution in [3.63, 3.8) is 0 Å². The van der Waals surface area contributed by atoms with Gasteiger partial charge in [-0.1, -0.05) is 12.1 Å². The van der Waals surface area contributed by atoms with Crippen LogP contribution in [0.25, 0.3) is 0 Å². The second kappa shape index (κ2) is 4.37. The van der Waals surface area contributed by atoms with Gasteiger partial charge in [0.25, 0.3) is 0 Å². The first-order valence-corrected chi connectivity index (χ1v) is 5.10. The molecule has 1 aromatic heterocycles. The van der Waals surface area contributed by atoms with Gasteiger partial charge in [0, 0.05) is 19.7 Å². The molecule has 0 bridgehead atoms. The van der Waals surface area contributed by atoms with Crippen molar-refractivity contribution in [1.29, 1.82) is 0 Å². The lowest BCUT2D eigenvalue weighted by Crippen LogP contribution is -2.03. The first kappa shape index (κ1) is 10.7. The predicted octanol–water partition coefficient (Wildman–Crippen LogP) is 1.40. The highest BCUT2D eigenvalue weighted by molar-refractivity contribution is 5.28. The Hall–Kier alpha value is -1.81. The molecule has 1 atom stereocenters. The van der Waals surface area contributed by atoms with Crippen LogP contribution in [0, 0.1) is 0 Å². The summed E-state index contributed by atoms with van der Waals surface area (Å²) < 4.78 is 1.65. The highest BCUT2D eigenvalue weighted by atomic mass is 16.3. The zero-order valence-corrected chi connectivity index (χ0v) is 9.04. The van der Waals surface area contributed by atoms with E-state index in [1.165, 1.54) is 0 Å². The maximum Gasteiger partial charge on any atom is 0.115 e. The molecule has 16 heavy (non-hydrogen) atoms. The fraction of sp³-hybridized carbons (Fsp3) is 0.250. The van der Waals surface area contributed by atoms with Crippen LogP contribution in [0.1, 0.15) is 17.4 Å². The summed E-state index contributed by atoms with van der Waals surface area (Å²) in [5.41, 5.74) is 1.53. The highest BCUT2D eigenvalue weighted by Gasteiger charge is 2.11. The molecule has 2 aromatic rings. The van der Waals surface area contributed by atoms with E-state index in [1.54, 1.807) is 35.1 Å². The van der Waals surface area contributed by atoms with Crippen LogP contribution in [0.5, 0.6) is 5.75 Å². The fourth-order valence-electron chi connectivity index (χ4n) is 1.62. The Bertz CT molecular complexity index is 479. The molecule has 0 saturated carbocycles. The fourth-order valence-corrected chi connectivity index (χ4v) is 1.62. The van der Waals surface area contributed by atoms with Crippen LogP contribution >= 0.6 is 0 Å². The van der Waals surface area contributed by atoms with Crippen molar-refractivity contribution in [2.45, 2.75) is 12.5 Å². The molecule has 0 saturated heterocycles. The van der Waals surface area contributed by atoms with Crippen molar-refractivity contribution in [3.05, 3.63) is 47.8 Å². The molecule has 2 rings (SSSR count). The van der Waals surface area contributed by atoms with E-state index < -0.39 is 6.10 Å². The number of aliphatic hydroxyl groups excluding tert-OH is 1. The maximum atomic E-state index is 9.92. The van der Waals surface area contributed by atoms with E-state index in [-0.39, 0.29) is 5.75 Å². The Labute approximate surface area is 93.8 Å². The normalized spacial score (nSPS) is 12.6. The van der Waals surface area contributed by atoms with Crippen molar-refractivity contribution in [2.24, 2.45) is 7.05 Å². The molecule has 0 fully saturated rings. The van der Waals surface area contributed by atoms with Crippen molar-refractivity contribution in [1.82, 2.24) is 9.78 Å². The summed E-state index contributed by atoms with van der Waals surface area (Å²) in [6.45, 7) is 0. The van der Waals surface area contributed by atoms with Gasteiger partial charge in [0.2, 0.25) is 0 Å². The van der Waals surface area contributed by atoms with Gasteiger partial charge in [0.05, 0.1) is 5.69 Å². The second-order valence-electron chi connectivity index (χ2n) is 3.80. The van der Waals surface area contributed by atoms with Crippen LogP contribution in [0.2, 0.25) is 0 Å². The monoisotopic (exact) mass is 218 g/mol. The molecular formula is C12H14N2O2. The Balaban J connectivity index is 2.10. The van der Waals surface area contributed by atoms with E-state index in [9.17, 15) is 10.2 Å². The maximum absolute atomic E-state index is 9.92. The van der Waals surface area contributed by atoms with Crippen molar-refractivity contribution in [3.8, 4) is 5.75 Å². The number of phenolic OH excluding ortho intramolecular Hbond substituents is 1. The molecule has 1 unspecified atom stereocenters. The minimum atomic E-state index is -0.636. The van der Waals surface area contributed by atoms with Gasteiger partial charge in [-0.15, -0.1) is 0 Å². The lowest BCUT2D eigenvalue weighted by Gasteiger charge is -2.07. The number of phenols is 1. The third kappa shape index (κ3) is 2.41. The topological polar surface area (TPSA) is 58.3 Å². The van der Waals surface area contributed by atoms with Crippen LogP contribution in [-0.2, 0) is 13.5 Å². The van der Waals surface area contributed by atoms with Crippen LogP contribution in [-0.4, -0.2) is 20.0 Å². The largest absolute Gasteiger partial charge is 0.508 e. The Morgan fingerprint density at radius 3 is 2.81 bits per heavy atom. The molecule has 0 aliphatic heterocycles. The lowest BCUT2D eigenvalue weighted by atomic mass is 10.1. The molecule has 4 nitrogen and oxygen atoms in total. The van der Waals surface area contributed by atoms with Crippen molar-refractivity contribution < 1.29 is 10.2 Å². The third-order valence-corrected chi connectivity index (χ3v) is 2.42. The zero-order chi connectivity index (χ0) is 11.5. The SMILES string of the molecule is Cn1ccc(C(O)Cc2cccc(O)c2)n1. The van der Waals surface area contributed by atoms with Gasteiger partial charge in [-0.2, -0.15) is 5.10 Å². The summed E-state index contributed by atoms with van der Waals surface area (Å²) in [5, 5.41) is 23.4. The molecule has 0 aliphatic carbocycles. The van der Waals surface area contributed by atoms with E-state index in [4.69, 9.17) is 0 Å². The van der Waals surface area contributed by atoms with Crippen LogP contribution < -0.4 is 0 Å². The average molecular weight is 218 g/mol. The van der Waals surface area contributed by atoms with Gasteiger partial charge in [-0.25, -0.2) is 0 Å². The van der Waals surface area contributed by atoms with Gasteiger partial charge < -0.3 is 10.2 Å². The van der Waals surface area contributed by atoms with E-state index in [1.807, 2.05) is 13.1 Å².